The number of sulfonamides is 1. The molecular formula is C20H18N6O2S. The Kier molecular flexibility index (Phi) is 4.12. The fourth-order valence-corrected chi connectivity index (χ4v) is 5.54. The van der Waals surface area contributed by atoms with Crippen LogP contribution in [0.4, 0.5) is 0 Å². The van der Waals surface area contributed by atoms with E-state index in [-0.39, 0.29) is 10.9 Å². The SMILES string of the molecule is N#Cc1ccc(S(=O)(=O)N2CCCC(n3cnc4cnc5[nH]ccc5c43)C2)cc1. The van der Waals surface area contributed by atoms with Gasteiger partial charge in [0, 0.05) is 30.7 Å². The Hall–Kier alpha value is -3.22. The van der Waals surface area contributed by atoms with Crippen LogP contribution in [0.5, 0.6) is 0 Å². The number of nitrogens with zero attached hydrogens (tertiary/aromatic N) is 5. The van der Waals surface area contributed by atoms with Gasteiger partial charge in [0.05, 0.1) is 34.6 Å². The summed E-state index contributed by atoms with van der Waals surface area (Å²) in [6, 6.07) is 10.0. The molecule has 0 aliphatic carbocycles. The number of pyridine rings is 1. The van der Waals surface area contributed by atoms with Crippen LogP contribution in [-0.4, -0.2) is 45.3 Å². The van der Waals surface area contributed by atoms with Gasteiger partial charge >= 0.3 is 0 Å². The first-order valence-electron chi connectivity index (χ1n) is 9.37. The number of aromatic amines is 1. The number of aromatic nitrogens is 4. The zero-order valence-electron chi connectivity index (χ0n) is 15.5. The van der Waals surface area contributed by atoms with Crippen LogP contribution in [0, 0.1) is 11.3 Å². The molecule has 4 aromatic rings. The molecule has 146 valence electrons. The third-order valence-electron chi connectivity index (χ3n) is 5.49. The van der Waals surface area contributed by atoms with E-state index in [9.17, 15) is 8.42 Å². The van der Waals surface area contributed by atoms with Gasteiger partial charge in [0.15, 0.2) is 0 Å². The van der Waals surface area contributed by atoms with E-state index >= 15 is 0 Å². The Morgan fingerprint density at radius 1 is 1.17 bits per heavy atom. The summed E-state index contributed by atoms with van der Waals surface area (Å²) in [6.07, 6.45) is 7.00. The van der Waals surface area contributed by atoms with E-state index in [0.717, 1.165) is 34.9 Å². The molecule has 4 heterocycles. The number of H-pyrrole nitrogens is 1. The average molecular weight is 406 g/mol. The molecule has 1 fully saturated rings. The van der Waals surface area contributed by atoms with Crippen molar-refractivity contribution in [3.05, 3.63) is 54.6 Å². The van der Waals surface area contributed by atoms with Gasteiger partial charge in [0.2, 0.25) is 10.0 Å². The van der Waals surface area contributed by atoms with E-state index in [4.69, 9.17) is 5.26 Å². The number of piperidine rings is 1. The summed E-state index contributed by atoms with van der Waals surface area (Å²) in [5, 5.41) is 9.92. The van der Waals surface area contributed by atoms with Crippen LogP contribution in [0.15, 0.2) is 53.9 Å². The molecular weight excluding hydrogens is 388 g/mol. The molecule has 9 heteroatoms. The van der Waals surface area contributed by atoms with Crippen LogP contribution in [-0.2, 0) is 10.0 Å². The minimum Gasteiger partial charge on any atom is -0.346 e. The highest BCUT2D eigenvalue weighted by molar-refractivity contribution is 7.89. The first-order chi connectivity index (χ1) is 14.1. The number of rotatable bonds is 3. The first-order valence-corrected chi connectivity index (χ1v) is 10.8. The summed E-state index contributed by atoms with van der Waals surface area (Å²) >= 11 is 0. The van der Waals surface area contributed by atoms with Crippen molar-refractivity contribution in [3.63, 3.8) is 0 Å². The summed E-state index contributed by atoms with van der Waals surface area (Å²) in [5.74, 6) is 0. The van der Waals surface area contributed by atoms with Gasteiger partial charge in [-0.2, -0.15) is 9.57 Å². The maximum Gasteiger partial charge on any atom is 0.243 e. The van der Waals surface area contributed by atoms with Gasteiger partial charge in [0.25, 0.3) is 0 Å². The van der Waals surface area contributed by atoms with Crippen LogP contribution in [0.1, 0.15) is 24.4 Å². The smallest absolute Gasteiger partial charge is 0.243 e. The molecule has 29 heavy (non-hydrogen) atoms. The fraction of sp³-hybridized carbons (Fsp3) is 0.250. The van der Waals surface area contributed by atoms with Gasteiger partial charge in [-0.3, -0.25) is 0 Å². The maximum atomic E-state index is 13.1. The lowest BCUT2D eigenvalue weighted by molar-refractivity contribution is 0.270. The summed E-state index contributed by atoms with van der Waals surface area (Å²) < 4.78 is 29.9. The Morgan fingerprint density at radius 2 is 2.00 bits per heavy atom. The highest BCUT2D eigenvalue weighted by Crippen LogP contribution is 2.31. The number of hydrogen-bond donors (Lipinski definition) is 1. The second-order valence-electron chi connectivity index (χ2n) is 7.18. The van der Waals surface area contributed by atoms with E-state index in [1.807, 2.05) is 18.3 Å². The predicted octanol–water partition coefficient (Wildman–Crippen LogP) is 2.81. The zero-order chi connectivity index (χ0) is 20.0. The average Bonchev–Trinajstić information content (AvgIpc) is 3.40. The Labute approximate surface area is 167 Å². The summed E-state index contributed by atoms with van der Waals surface area (Å²) in [5.41, 5.74) is 3.00. The van der Waals surface area contributed by atoms with Crippen LogP contribution in [0.3, 0.4) is 0 Å². The van der Waals surface area contributed by atoms with Crippen molar-refractivity contribution in [3.8, 4) is 6.07 Å². The second-order valence-corrected chi connectivity index (χ2v) is 9.12. The number of imidazole rings is 1. The Balaban J connectivity index is 1.50. The van der Waals surface area contributed by atoms with Gasteiger partial charge in [0.1, 0.15) is 11.2 Å². The maximum absolute atomic E-state index is 13.1. The van der Waals surface area contributed by atoms with Gasteiger partial charge in [-0.05, 0) is 43.2 Å². The highest BCUT2D eigenvalue weighted by Gasteiger charge is 2.31. The third-order valence-corrected chi connectivity index (χ3v) is 7.37. The van der Waals surface area contributed by atoms with Crippen LogP contribution in [0.25, 0.3) is 22.1 Å². The number of benzene rings is 1. The van der Waals surface area contributed by atoms with Crippen molar-refractivity contribution < 1.29 is 8.42 Å². The Morgan fingerprint density at radius 3 is 2.79 bits per heavy atom. The van der Waals surface area contributed by atoms with E-state index < -0.39 is 10.0 Å². The summed E-state index contributed by atoms with van der Waals surface area (Å²) in [4.78, 5) is 12.2. The van der Waals surface area contributed by atoms with Crippen molar-refractivity contribution in [2.45, 2.75) is 23.8 Å². The van der Waals surface area contributed by atoms with E-state index in [0.29, 0.717) is 18.7 Å². The molecule has 0 amide bonds. The van der Waals surface area contributed by atoms with Crippen LogP contribution < -0.4 is 0 Å². The highest BCUT2D eigenvalue weighted by atomic mass is 32.2. The van der Waals surface area contributed by atoms with Crippen LogP contribution >= 0.6 is 0 Å². The van der Waals surface area contributed by atoms with Crippen molar-refractivity contribution >= 4 is 32.1 Å². The molecule has 0 radical (unpaired) electrons. The second kappa shape index (κ2) is 6.69. The lowest BCUT2D eigenvalue weighted by atomic mass is 10.1. The third kappa shape index (κ3) is 2.88. The molecule has 8 nitrogen and oxygen atoms in total. The van der Waals surface area contributed by atoms with E-state index in [1.165, 1.54) is 28.6 Å². The van der Waals surface area contributed by atoms with Gasteiger partial charge in [-0.25, -0.2) is 18.4 Å². The van der Waals surface area contributed by atoms with Crippen molar-refractivity contribution in [1.29, 1.82) is 5.26 Å². The van der Waals surface area contributed by atoms with Gasteiger partial charge in [-0.1, -0.05) is 0 Å². The lowest BCUT2D eigenvalue weighted by Crippen LogP contribution is -2.40. The molecule has 0 bridgehead atoms. The number of hydrogen-bond acceptors (Lipinski definition) is 5. The fourth-order valence-electron chi connectivity index (χ4n) is 4.02. The lowest BCUT2D eigenvalue weighted by Gasteiger charge is -2.33. The van der Waals surface area contributed by atoms with Crippen LogP contribution in [0.2, 0.25) is 0 Å². The monoisotopic (exact) mass is 406 g/mol. The molecule has 1 aliphatic rings. The minimum absolute atomic E-state index is 0.0117. The van der Waals surface area contributed by atoms with Crippen molar-refractivity contribution in [2.75, 3.05) is 13.1 Å². The molecule has 0 spiro atoms. The molecule has 1 aliphatic heterocycles. The topological polar surface area (TPSA) is 108 Å². The Bertz CT molecular complexity index is 1350. The molecule has 1 unspecified atom stereocenters. The molecule has 0 saturated carbocycles. The molecule has 1 N–H and O–H groups in total. The molecule has 1 atom stereocenters. The standard InChI is InChI=1S/C20H18N6O2S/c21-10-14-3-5-16(6-4-14)29(27,28)25-9-1-2-15(12-25)26-13-24-18-11-23-20-17(19(18)26)7-8-22-20/h3-8,11,13,15H,1-2,9,12H2,(H,22,23). The molecule has 5 rings (SSSR count). The van der Waals surface area contributed by atoms with Crippen molar-refractivity contribution in [1.82, 2.24) is 23.8 Å². The van der Waals surface area contributed by atoms with Crippen molar-refractivity contribution in [2.24, 2.45) is 0 Å². The van der Waals surface area contributed by atoms with E-state index in [2.05, 4.69) is 19.5 Å². The zero-order valence-corrected chi connectivity index (χ0v) is 16.3. The van der Waals surface area contributed by atoms with E-state index in [1.54, 1.807) is 12.5 Å². The predicted molar refractivity (Wildman–Crippen MR) is 108 cm³/mol. The number of nitrogens with one attached hydrogen (secondary N) is 1. The first kappa shape index (κ1) is 17.8. The molecule has 1 saturated heterocycles. The summed E-state index contributed by atoms with van der Waals surface area (Å²) in [7, 11) is -3.62. The normalized spacial score (nSPS) is 18.2. The summed E-state index contributed by atoms with van der Waals surface area (Å²) in [6.45, 7) is 0.856. The quantitative estimate of drug-likeness (QED) is 0.563. The molecule has 1 aromatic carbocycles. The minimum atomic E-state index is -3.62. The van der Waals surface area contributed by atoms with Gasteiger partial charge < -0.3 is 9.55 Å². The number of nitriles is 1. The number of fused-ring (bicyclic) bond motifs is 3. The largest absolute Gasteiger partial charge is 0.346 e. The molecule has 3 aromatic heterocycles. The van der Waals surface area contributed by atoms with Gasteiger partial charge in [-0.15, -0.1) is 0 Å².